The molecule has 0 spiro atoms. The maximum atomic E-state index is 12.8. The van der Waals surface area contributed by atoms with Crippen molar-refractivity contribution in [2.24, 2.45) is 17.2 Å². The molecule has 35 heavy (non-hydrogen) atoms. The Hall–Kier alpha value is -3.44. The summed E-state index contributed by atoms with van der Waals surface area (Å²) in [5.41, 5.74) is 16.1. The molecule has 17 heteroatoms. The third-order valence-corrected chi connectivity index (χ3v) is 6.20. The molecule has 6 atom stereocenters. The third-order valence-electron chi connectivity index (χ3n) is 4.76. The highest BCUT2D eigenvalue weighted by Crippen LogP contribution is 2.19. The van der Waals surface area contributed by atoms with Crippen molar-refractivity contribution < 1.29 is 43.8 Å². The number of amides is 6. The summed E-state index contributed by atoms with van der Waals surface area (Å²) >= 11 is 0.605. The number of aliphatic carboxylic acids is 1. The van der Waals surface area contributed by atoms with Crippen LogP contribution in [0.2, 0.25) is 0 Å². The minimum Gasteiger partial charge on any atom is -0.480 e. The van der Waals surface area contributed by atoms with E-state index in [0.29, 0.717) is 11.8 Å². The number of thioether (sulfide) groups is 1. The Bertz CT molecular complexity index is 871. The number of aliphatic hydroxyl groups excluding tert-OH is 1. The van der Waals surface area contributed by atoms with E-state index in [1.165, 1.54) is 6.92 Å². The van der Waals surface area contributed by atoms with E-state index in [1.807, 2.05) is 0 Å². The number of carboxylic acids is 1. The minimum absolute atomic E-state index is 0.328. The summed E-state index contributed by atoms with van der Waals surface area (Å²) < 4.78 is 0. The van der Waals surface area contributed by atoms with Gasteiger partial charge in [-0.15, -0.1) is 11.8 Å². The van der Waals surface area contributed by atoms with Gasteiger partial charge < -0.3 is 48.7 Å². The standard InChI is InChI=1S/C18H29N7O9S/c1-6-14(29)24-9(3-12(21)28)16(31)23-8(2-11(20)27)13(18(33)34)35-5-7(19)15(30)25-10(4-26)17(32)22-6/h6-10,13,26H,2-5,19H2,1H3,(H2,20,27)(H2,21,28)(H,22,32)(H,23,31)(H,24,29)(H,25,30)(H,33,34)/t6-,7-,8?,9-,10?,13?/m0/s1. The van der Waals surface area contributed by atoms with Crippen LogP contribution in [0.15, 0.2) is 0 Å². The Morgan fingerprint density at radius 2 is 1.43 bits per heavy atom. The second-order valence-corrected chi connectivity index (χ2v) is 8.86. The number of hydrogen-bond acceptors (Lipinski definition) is 10. The Balaban J connectivity index is 3.40. The lowest BCUT2D eigenvalue weighted by molar-refractivity contribution is -0.138. The van der Waals surface area contributed by atoms with Crippen LogP contribution in [0.25, 0.3) is 0 Å². The van der Waals surface area contributed by atoms with Gasteiger partial charge in [-0.05, 0) is 6.92 Å². The lowest BCUT2D eigenvalue weighted by Crippen LogP contribution is -2.60. The van der Waals surface area contributed by atoms with Crippen molar-refractivity contribution in [1.82, 2.24) is 21.3 Å². The first-order valence-electron chi connectivity index (χ1n) is 10.3. The van der Waals surface area contributed by atoms with E-state index in [9.17, 15) is 43.8 Å². The molecule has 0 aromatic heterocycles. The van der Waals surface area contributed by atoms with Crippen molar-refractivity contribution in [3.05, 3.63) is 0 Å². The SMILES string of the molecule is C[C@@H]1NC(=O)C(CO)NC(=O)[C@@H](N)CSC(C(=O)O)C(CC(N)=O)NC(=O)[C@H](CC(N)=O)NC1=O. The van der Waals surface area contributed by atoms with Crippen LogP contribution in [-0.2, 0) is 33.6 Å². The molecule has 3 unspecified atom stereocenters. The third kappa shape index (κ3) is 9.38. The molecule has 0 aromatic carbocycles. The number of carbonyl (C=O) groups excluding carboxylic acids is 6. The summed E-state index contributed by atoms with van der Waals surface area (Å²) in [6, 6.07) is -7.16. The van der Waals surface area contributed by atoms with Crippen molar-refractivity contribution in [2.75, 3.05) is 12.4 Å². The molecule has 1 aliphatic heterocycles. The smallest absolute Gasteiger partial charge is 0.318 e. The van der Waals surface area contributed by atoms with E-state index in [1.54, 1.807) is 0 Å². The average molecular weight is 520 g/mol. The van der Waals surface area contributed by atoms with Gasteiger partial charge in [0.25, 0.3) is 0 Å². The number of carboxylic acid groups (broad SMARTS) is 1. The largest absolute Gasteiger partial charge is 0.480 e. The quantitative estimate of drug-likeness (QED) is 0.159. The van der Waals surface area contributed by atoms with Gasteiger partial charge in [0.1, 0.15) is 23.4 Å². The van der Waals surface area contributed by atoms with E-state index in [4.69, 9.17) is 17.2 Å². The monoisotopic (exact) mass is 519 g/mol. The fourth-order valence-electron chi connectivity index (χ4n) is 2.94. The van der Waals surface area contributed by atoms with Crippen LogP contribution in [0.3, 0.4) is 0 Å². The van der Waals surface area contributed by atoms with E-state index < -0.39 is 96.3 Å². The van der Waals surface area contributed by atoms with Crippen LogP contribution in [0.1, 0.15) is 19.8 Å². The zero-order chi connectivity index (χ0) is 26.9. The molecule has 196 valence electrons. The summed E-state index contributed by atoms with van der Waals surface area (Å²) in [6.07, 6.45) is -1.32. The highest BCUT2D eigenvalue weighted by atomic mass is 32.2. The predicted octanol–water partition coefficient (Wildman–Crippen LogP) is -5.78. The summed E-state index contributed by atoms with van der Waals surface area (Å²) in [5.74, 6) is -7.60. The molecule has 1 rings (SSSR count). The molecule has 1 heterocycles. The first-order valence-corrected chi connectivity index (χ1v) is 11.3. The Morgan fingerprint density at radius 3 is 1.94 bits per heavy atom. The van der Waals surface area contributed by atoms with Crippen molar-refractivity contribution in [3.8, 4) is 0 Å². The number of nitrogens with two attached hydrogens (primary N) is 3. The van der Waals surface area contributed by atoms with Gasteiger partial charge in [0, 0.05) is 12.2 Å². The van der Waals surface area contributed by atoms with Crippen LogP contribution in [0, 0.1) is 0 Å². The molecular weight excluding hydrogens is 490 g/mol. The predicted molar refractivity (Wildman–Crippen MR) is 120 cm³/mol. The zero-order valence-electron chi connectivity index (χ0n) is 18.7. The molecule has 0 aliphatic carbocycles. The maximum absolute atomic E-state index is 12.8. The second-order valence-electron chi connectivity index (χ2n) is 7.69. The summed E-state index contributed by atoms with van der Waals surface area (Å²) in [7, 11) is 0. The average Bonchev–Trinajstić information content (AvgIpc) is 2.74. The molecule has 0 aromatic rings. The fraction of sp³-hybridized carbons (Fsp3) is 0.611. The van der Waals surface area contributed by atoms with Crippen molar-refractivity contribution in [3.63, 3.8) is 0 Å². The number of rotatable bonds is 6. The van der Waals surface area contributed by atoms with Gasteiger partial charge in [0.05, 0.1) is 25.1 Å². The molecule has 0 saturated carbocycles. The number of primary amides is 2. The summed E-state index contributed by atoms with van der Waals surface area (Å²) in [6.45, 7) is 0.376. The van der Waals surface area contributed by atoms with Gasteiger partial charge >= 0.3 is 5.97 Å². The molecular formula is C18H29N7O9S. The summed E-state index contributed by atoms with van der Waals surface area (Å²) in [5, 5.41) is 26.5. The molecule has 1 saturated heterocycles. The maximum Gasteiger partial charge on any atom is 0.318 e. The molecule has 0 bridgehead atoms. The fourth-order valence-corrected chi connectivity index (χ4v) is 4.04. The van der Waals surface area contributed by atoms with Gasteiger partial charge in [-0.2, -0.15) is 0 Å². The van der Waals surface area contributed by atoms with Gasteiger partial charge in [-0.1, -0.05) is 0 Å². The number of carbonyl (C=O) groups is 7. The van der Waals surface area contributed by atoms with Gasteiger partial charge in [0.2, 0.25) is 35.4 Å². The van der Waals surface area contributed by atoms with Crippen molar-refractivity contribution >= 4 is 53.2 Å². The lowest BCUT2D eigenvalue weighted by Gasteiger charge is -2.28. The van der Waals surface area contributed by atoms with Gasteiger partial charge in [-0.3, -0.25) is 33.6 Å². The van der Waals surface area contributed by atoms with Crippen molar-refractivity contribution in [1.29, 1.82) is 0 Å². The summed E-state index contributed by atoms with van der Waals surface area (Å²) in [4.78, 5) is 85.0. The Labute approximate surface area is 203 Å². The second kappa shape index (κ2) is 13.4. The minimum atomic E-state index is -1.59. The van der Waals surface area contributed by atoms with Crippen LogP contribution in [0.4, 0.5) is 0 Å². The van der Waals surface area contributed by atoms with E-state index in [2.05, 4.69) is 21.3 Å². The topological polar surface area (TPSA) is 286 Å². The number of aliphatic hydroxyl groups is 1. The molecule has 1 fully saturated rings. The Kier molecular flexibility index (Phi) is 11.4. The number of hydrogen-bond donors (Lipinski definition) is 9. The van der Waals surface area contributed by atoms with Crippen LogP contribution in [0.5, 0.6) is 0 Å². The normalized spacial score (nSPS) is 29.2. The van der Waals surface area contributed by atoms with E-state index in [0.717, 1.165) is 0 Å². The van der Waals surface area contributed by atoms with Crippen LogP contribution < -0.4 is 38.5 Å². The molecule has 12 N–H and O–H groups in total. The molecule has 6 amide bonds. The van der Waals surface area contributed by atoms with Gasteiger partial charge in [0.15, 0.2) is 0 Å². The van der Waals surface area contributed by atoms with E-state index in [-0.39, 0.29) is 5.75 Å². The van der Waals surface area contributed by atoms with Crippen LogP contribution >= 0.6 is 11.8 Å². The first kappa shape index (κ1) is 29.6. The zero-order valence-corrected chi connectivity index (χ0v) is 19.5. The van der Waals surface area contributed by atoms with Crippen LogP contribution in [-0.4, -0.2) is 99.4 Å². The lowest BCUT2D eigenvalue weighted by atomic mass is 10.1. The molecule has 1 aliphatic rings. The molecule has 0 radical (unpaired) electrons. The molecule has 16 nitrogen and oxygen atoms in total. The Morgan fingerprint density at radius 1 is 0.886 bits per heavy atom. The highest BCUT2D eigenvalue weighted by Gasteiger charge is 2.36. The first-order chi connectivity index (χ1) is 16.3. The number of nitrogens with one attached hydrogen (secondary N) is 4. The highest BCUT2D eigenvalue weighted by molar-refractivity contribution is 8.00. The van der Waals surface area contributed by atoms with Gasteiger partial charge in [-0.25, -0.2) is 0 Å². The van der Waals surface area contributed by atoms with E-state index >= 15 is 0 Å². The van der Waals surface area contributed by atoms with Crippen molar-refractivity contribution in [2.45, 2.75) is 55.2 Å².